The molecule has 0 radical (unpaired) electrons. The van der Waals surface area contributed by atoms with Crippen molar-refractivity contribution in [2.24, 2.45) is 5.92 Å². The Morgan fingerprint density at radius 1 is 1.22 bits per heavy atom. The Labute approximate surface area is 139 Å². The second kappa shape index (κ2) is 6.22. The minimum Gasteiger partial charge on any atom is -0.316 e. The predicted molar refractivity (Wildman–Crippen MR) is 95.0 cm³/mol. The number of carbonyl (C=O) groups is 1. The van der Waals surface area contributed by atoms with Crippen molar-refractivity contribution in [2.75, 3.05) is 13.1 Å². The van der Waals surface area contributed by atoms with Gasteiger partial charge in [-0.1, -0.05) is 24.3 Å². The van der Waals surface area contributed by atoms with Crippen LogP contribution >= 0.6 is 11.3 Å². The number of para-hydroxylation sites is 1. The molecule has 4 heteroatoms. The van der Waals surface area contributed by atoms with Crippen molar-refractivity contribution in [3.63, 3.8) is 0 Å². The molecule has 23 heavy (non-hydrogen) atoms. The second-order valence-electron chi connectivity index (χ2n) is 6.04. The van der Waals surface area contributed by atoms with Crippen molar-refractivity contribution in [1.82, 2.24) is 10.3 Å². The lowest BCUT2D eigenvalue weighted by Crippen LogP contribution is -2.42. The molecule has 3 nitrogen and oxygen atoms in total. The molecule has 1 aliphatic rings. The van der Waals surface area contributed by atoms with Gasteiger partial charge in [-0.25, -0.2) is 4.98 Å². The Morgan fingerprint density at radius 2 is 2.09 bits per heavy atom. The number of pyridine rings is 1. The zero-order chi connectivity index (χ0) is 15.6. The van der Waals surface area contributed by atoms with Gasteiger partial charge >= 0.3 is 0 Å². The lowest BCUT2D eigenvalue weighted by molar-refractivity contribution is 0.0970. The van der Waals surface area contributed by atoms with E-state index in [0.29, 0.717) is 12.3 Å². The minimum absolute atomic E-state index is 0.230. The Kier molecular flexibility index (Phi) is 3.93. The molecule has 0 spiro atoms. The summed E-state index contributed by atoms with van der Waals surface area (Å²) in [5.41, 5.74) is 2.60. The van der Waals surface area contributed by atoms with Gasteiger partial charge in [0.2, 0.25) is 0 Å². The third kappa shape index (κ3) is 2.92. The van der Waals surface area contributed by atoms with Crippen LogP contribution in [0.1, 0.15) is 23.2 Å². The maximum absolute atomic E-state index is 12.8. The maximum Gasteiger partial charge on any atom is 0.163 e. The van der Waals surface area contributed by atoms with Crippen LogP contribution in [0.4, 0.5) is 0 Å². The highest BCUT2D eigenvalue weighted by molar-refractivity contribution is 7.13. The summed E-state index contributed by atoms with van der Waals surface area (Å²) in [6.07, 6.45) is 1.58. The summed E-state index contributed by atoms with van der Waals surface area (Å²) in [5.74, 6) is 0.886. The topological polar surface area (TPSA) is 42.0 Å². The van der Waals surface area contributed by atoms with Crippen molar-refractivity contribution in [3.8, 4) is 10.6 Å². The minimum atomic E-state index is 0.230. The molecular formula is C19H18N2OS. The van der Waals surface area contributed by atoms with Gasteiger partial charge in [0.25, 0.3) is 0 Å². The first-order chi connectivity index (χ1) is 11.3. The molecule has 0 saturated carbocycles. The largest absolute Gasteiger partial charge is 0.316 e. The van der Waals surface area contributed by atoms with Crippen LogP contribution in [0.5, 0.6) is 0 Å². The molecule has 1 aliphatic heterocycles. The van der Waals surface area contributed by atoms with Gasteiger partial charge in [0.1, 0.15) is 0 Å². The van der Waals surface area contributed by atoms with Crippen LogP contribution in [0.3, 0.4) is 0 Å². The number of Topliss-reactive ketones (excluding diaryl/α,β-unsaturated/α-hetero) is 1. The van der Waals surface area contributed by atoms with Crippen molar-refractivity contribution < 1.29 is 4.79 Å². The van der Waals surface area contributed by atoms with E-state index in [2.05, 4.69) is 11.4 Å². The first-order valence-electron chi connectivity index (χ1n) is 7.99. The van der Waals surface area contributed by atoms with E-state index in [1.54, 1.807) is 11.3 Å². The zero-order valence-electron chi connectivity index (χ0n) is 12.8. The summed E-state index contributed by atoms with van der Waals surface area (Å²) >= 11 is 1.65. The summed E-state index contributed by atoms with van der Waals surface area (Å²) in [6, 6.07) is 14.0. The van der Waals surface area contributed by atoms with E-state index < -0.39 is 0 Å². The van der Waals surface area contributed by atoms with E-state index >= 15 is 0 Å². The van der Waals surface area contributed by atoms with Crippen LogP contribution in [-0.2, 0) is 0 Å². The third-order valence-corrected chi connectivity index (χ3v) is 5.33. The first-order valence-corrected chi connectivity index (χ1v) is 8.87. The summed E-state index contributed by atoms with van der Waals surface area (Å²) in [7, 11) is 0. The van der Waals surface area contributed by atoms with Gasteiger partial charge in [-0.15, -0.1) is 11.3 Å². The molecule has 2 aromatic heterocycles. The molecule has 0 amide bonds. The van der Waals surface area contributed by atoms with E-state index in [9.17, 15) is 4.79 Å². The van der Waals surface area contributed by atoms with E-state index in [0.717, 1.165) is 46.5 Å². The smallest absolute Gasteiger partial charge is 0.163 e. The number of hydrogen-bond donors (Lipinski definition) is 1. The third-order valence-electron chi connectivity index (χ3n) is 4.44. The Balaban J connectivity index is 1.72. The number of benzene rings is 1. The van der Waals surface area contributed by atoms with Crippen molar-refractivity contribution in [2.45, 2.75) is 12.8 Å². The van der Waals surface area contributed by atoms with Crippen molar-refractivity contribution in [3.05, 3.63) is 53.4 Å². The number of rotatable bonds is 5. The molecule has 1 aromatic carbocycles. The normalized spacial score (nSPS) is 14.8. The summed E-state index contributed by atoms with van der Waals surface area (Å²) in [5, 5.41) is 6.26. The first kappa shape index (κ1) is 14.5. The van der Waals surface area contributed by atoms with Crippen LogP contribution in [0.25, 0.3) is 21.5 Å². The molecule has 4 rings (SSSR count). The lowest BCUT2D eigenvalue weighted by atomic mass is 9.93. The van der Waals surface area contributed by atoms with Crippen LogP contribution in [0, 0.1) is 5.92 Å². The molecule has 3 aromatic rings. The molecular weight excluding hydrogens is 304 g/mol. The highest BCUT2D eigenvalue weighted by Crippen LogP contribution is 2.29. The monoisotopic (exact) mass is 322 g/mol. The summed E-state index contributed by atoms with van der Waals surface area (Å²) in [4.78, 5) is 18.6. The summed E-state index contributed by atoms with van der Waals surface area (Å²) in [6.45, 7) is 2.09. The molecule has 1 fully saturated rings. The number of aromatic nitrogens is 1. The number of thiophene rings is 1. The van der Waals surface area contributed by atoms with Gasteiger partial charge in [-0.2, -0.15) is 0 Å². The van der Waals surface area contributed by atoms with Crippen molar-refractivity contribution >= 4 is 28.0 Å². The summed E-state index contributed by atoms with van der Waals surface area (Å²) < 4.78 is 0. The Hall–Kier alpha value is -2.04. The quantitative estimate of drug-likeness (QED) is 0.718. The SMILES string of the molecule is O=C(CCC1CNC1)c1cc(-c2cccs2)nc2ccccc12. The van der Waals surface area contributed by atoms with Gasteiger partial charge in [-0.05, 0) is 49.0 Å². The fraction of sp³-hybridized carbons (Fsp3) is 0.263. The fourth-order valence-electron chi connectivity index (χ4n) is 2.98. The highest BCUT2D eigenvalue weighted by Gasteiger charge is 2.20. The second-order valence-corrected chi connectivity index (χ2v) is 6.98. The molecule has 116 valence electrons. The van der Waals surface area contributed by atoms with Crippen LogP contribution in [0.2, 0.25) is 0 Å². The number of nitrogens with zero attached hydrogens (tertiary/aromatic N) is 1. The number of fused-ring (bicyclic) bond motifs is 1. The van der Waals surface area contributed by atoms with E-state index in [-0.39, 0.29) is 5.78 Å². The molecule has 3 heterocycles. The van der Waals surface area contributed by atoms with Gasteiger partial charge in [-0.3, -0.25) is 4.79 Å². The van der Waals surface area contributed by atoms with Gasteiger partial charge in [0.15, 0.2) is 5.78 Å². The van der Waals surface area contributed by atoms with Gasteiger partial charge < -0.3 is 5.32 Å². The van der Waals surface area contributed by atoms with E-state index in [1.807, 2.05) is 41.8 Å². The molecule has 0 aliphatic carbocycles. The van der Waals surface area contributed by atoms with Crippen LogP contribution < -0.4 is 5.32 Å². The van der Waals surface area contributed by atoms with Gasteiger partial charge in [0.05, 0.1) is 16.1 Å². The number of nitrogens with one attached hydrogen (secondary N) is 1. The lowest BCUT2D eigenvalue weighted by Gasteiger charge is -2.26. The average molecular weight is 322 g/mol. The van der Waals surface area contributed by atoms with E-state index in [1.165, 1.54) is 0 Å². The zero-order valence-corrected chi connectivity index (χ0v) is 13.6. The maximum atomic E-state index is 12.8. The van der Waals surface area contributed by atoms with Crippen molar-refractivity contribution in [1.29, 1.82) is 0 Å². The standard InChI is InChI=1S/C19H18N2OS/c22-18(8-7-13-11-20-12-13)15-10-17(19-6-3-9-23-19)21-16-5-2-1-4-14(15)16/h1-6,9-10,13,20H,7-8,11-12H2. The average Bonchev–Trinajstić information content (AvgIpc) is 3.06. The molecule has 0 bridgehead atoms. The van der Waals surface area contributed by atoms with Crippen LogP contribution in [0.15, 0.2) is 47.8 Å². The number of carbonyl (C=O) groups excluding carboxylic acids is 1. The highest BCUT2D eigenvalue weighted by atomic mass is 32.1. The number of ketones is 1. The number of hydrogen-bond acceptors (Lipinski definition) is 4. The van der Waals surface area contributed by atoms with Gasteiger partial charge in [0, 0.05) is 17.4 Å². The predicted octanol–water partition coefficient (Wildman–Crippen LogP) is 4.15. The molecule has 1 saturated heterocycles. The van der Waals surface area contributed by atoms with E-state index in [4.69, 9.17) is 4.98 Å². The molecule has 0 atom stereocenters. The molecule has 1 N–H and O–H groups in total. The van der Waals surface area contributed by atoms with Crippen LogP contribution in [-0.4, -0.2) is 23.9 Å². The molecule has 0 unspecified atom stereocenters. The Bertz CT molecular complexity index is 838. The fourth-order valence-corrected chi connectivity index (χ4v) is 3.67. The Morgan fingerprint density at radius 3 is 2.83 bits per heavy atom.